The minimum Gasteiger partial charge on any atom is -0.352 e. The quantitative estimate of drug-likeness (QED) is 0.861. The van der Waals surface area contributed by atoms with E-state index in [1.54, 1.807) is 6.20 Å². The maximum Gasteiger partial charge on any atom is 0.128 e. The van der Waals surface area contributed by atoms with Crippen LogP contribution < -0.4 is 10.6 Å². The number of pyridine rings is 1. The topological polar surface area (TPSA) is 42.2 Å². The molecule has 16 heavy (non-hydrogen) atoms. The second-order valence-electron chi connectivity index (χ2n) is 4.45. The average molecular weight is 240 g/mol. The van der Waals surface area contributed by atoms with E-state index in [9.17, 15) is 0 Å². The van der Waals surface area contributed by atoms with Crippen LogP contribution in [0.25, 0.3) is 0 Å². The molecule has 0 saturated carbocycles. The van der Waals surface area contributed by atoms with Crippen molar-refractivity contribution in [3.05, 3.63) is 23.4 Å². The molecule has 2 N–H and O–H groups in total. The molecule has 0 spiro atoms. The molecule has 3 nitrogen and oxygen atoms in total. The van der Waals surface area contributed by atoms with Crippen molar-refractivity contribution in [1.29, 1.82) is 0 Å². The third-order valence-corrected chi connectivity index (χ3v) is 3.59. The Hall–Kier alpha value is -0.800. The summed E-state index contributed by atoms with van der Waals surface area (Å²) in [5.41, 5.74) is 5.86. The molecular weight excluding hydrogens is 222 g/mol. The summed E-state index contributed by atoms with van der Waals surface area (Å²) < 4.78 is 0. The lowest BCUT2D eigenvalue weighted by Gasteiger charge is -2.40. The van der Waals surface area contributed by atoms with Crippen LogP contribution in [-0.2, 0) is 0 Å². The first-order chi connectivity index (χ1) is 7.72. The van der Waals surface area contributed by atoms with Gasteiger partial charge in [0.25, 0.3) is 0 Å². The highest BCUT2D eigenvalue weighted by Gasteiger charge is 2.27. The van der Waals surface area contributed by atoms with Gasteiger partial charge >= 0.3 is 0 Å². The fraction of sp³-hybridized carbons (Fsp3) is 0.583. The van der Waals surface area contributed by atoms with Crippen LogP contribution in [0.2, 0.25) is 5.02 Å². The molecule has 1 aliphatic heterocycles. The molecule has 4 heteroatoms. The summed E-state index contributed by atoms with van der Waals surface area (Å²) in [5.74, 6) is 1.63. The molecule has 2 unspecified atom stereocenters. The standard InChI is InChI=1S/C12H18ClN3/c1-9-3-2-6-16(11(9)7-14)12-5-4-10(13)8-15-12/h4-5,8-9,11H,2-3,6-7,14H2,1H3. The van der Waals surface area contributed by atoms with Crippen LogP contribution in [0.1, 0.15) is 19.8 Å². The van der Waals surface area contributed by atoms with E-state index in [0.717, 1.165) is 12.4 Å². The zero-order valence-corrected chi connectivity index (χ0v) is 10.3. The first-order valence-electron chi connectivity index (χ1n) is 5.80. The SMILES string of the molecule is CC1CCCN(c2ccc(Cl)cn2)C1CN. The van der Waals surface area contributed by atoms with Gasteiger partial charge in [-0.15, -0.1) is 0 Å². The molecule has 2 heterocycles. The summed E-state index contributed by atoms with van der Waals surface area (Å²) in [6.45, 7) is 3.99. The van der Waals surface area contributed by atoms with Crippen LogP contribution in [-0.4, -0.2) is 24.1 Å². The third kappa shape index (κ3) is 2.30. The van der Waals surface area contributed by atoms with E-state index in [1.165, 1.54) is 12.8 Å². The maximum absolute atomic E-state index is 5.86. The number of piperidine rings is 1. The van der Waals surface area contributed by atoms with Gasteiger partial charge in [-0.1, -0.05) is 18.5 Å². The van der Waals surface area contributed by atoms with E-state index in [-0.39, 0.29) is 0 Å². The smallest absolute Gasteiger partial charge is 0.128 e. The van der Waals surface area contributed by atoms with Crippen molar-refractivity contribution in [1.82, 2.24) is 4.98 Å². The number of hydrogen-bond donors (Lipinski definition) is 1. The minimum absolute atomic E-state index is 0.405. The molecule has 0 bridgehead atoms. The molecule has 2 atom stereocenters. The summed E-state index contributed by atoms with van der Waals surface area (Å²) >= 11 is 5.84. The zero-order chi connectivity index (χ0) is 11.5. The number of hydrogen-bond acceptors (Lipinski definition) is 3. The van der Waals surface area contributed by atoms with Crippen LogP contribution in [0, 0.1) is 5.92 Å². The van der Waals surface area contributed by atoms with E-state index < -0.39 is 0 Å². The molecule has 1 saturated heterocycles. The fourth-order valence-corrected chi connectivity index (χ4v) is 2.54. The van der Waals surface area contributed by atoms with Crippen molar-refractivity contribution in [2.45, 2.75) is 25.8 Å². The van der Waals surface area contributed by atoms with Crippen molar-refractivity contribution in [2.75, 3.05) is 18.0 Å². The van der Waals surface area contributed by atoms with E-state index in [2.05, 4.69) is 16.8 Å². The van der Waals surface area contributed by atoms with E-state index >= 15 is 0 Å². The molecular formula is C12H18ClN3. The molecule has 0 aromatic carbocycles. The van der Waals surface area contributed by atoms with E-state index in [0.29, 0.717) is 23.5 Å². The van der Waals surface area contributed by atoms with Gasteiger partial charge in [0.15, 0.2) is 0 Å². The second-order valence-corrected chi connectivity index (χ2v) is 4.89. The first kappa shape index (κ1) is 11.7. The molecule has 0 radical (unpaired) electrons. The predicted molar refractivity (Wildman–Crippen MR) is 67.8 cm³/mol. The summed E-state index contributed by atoms with van der Waals surface area (Å²) in [6.07, 6.45) is 4.16. The lowest BCUT2D eigenvalue weighted by molar-refractivity contribution is 0.348. The Balaban J connectivity index is 2.20. The van der Waals surface area contributed by atoms with Crippen molar-refractivity contribution in [3.8, 4) is 0 Å². The molecule has 0 aliphatic carbocycles. The van der Waals surface area contributed by atoms with Gasteiger partial charge in [-0.2, -0.15) is 0 Å². The number of rotatable bonds is 2. The van der Waals surface area contributed by atoms with Crippen LogP contribution in [0.5, 0.6) is 0 Å². The normalized spacial score (nSPS) is 25.8. The van der Waals surface area contributed by atoms with Gasteiger partial charge in [0.1, 0.15) is 5.82 Å². The van der Waals surface area contributed by atoms with Gasteiger partial charge in [-0.05, 0) is 30.9 Å². The van der Waals surface area contributed by atoms with Gasteiger partial charge < -0.3 is 10.6 Å². The Morgan fingerprint density at radius 3 is 3.00 bits per heavy atom. The lowest BCUT2D eigenvalue weighted by Crippen LogP contribution is -2.49. The number of halogens is 1. The Kier molecular flexibility index (Phi) is 3.66. The molecule has 1 fully saturated rings. The van der Waals surface area contributed by atoms with Gasteiger partial charge in [-0.25, -0.2) is 4.98 Å². The summed E-state index contributed by atoms with van der Waals surface area (Å²) in [5, 5.41) is 0.679. The molecule has 88 valence electrons. The summed E-state index contributed by atoms with van der Waals surface area (Å²) in [7, 11) is 0. The zero-order valence-electron chi connectivity index (χ0n) is 9.56. The van der Waals surface area contributed by atoms with Gasteiger partial charge in [0.2, 0.25) is 0 Å². The average Bonchev–Trinajstić information content (AvgIpc) is 2.30. The van der Waals surface area contributed by atoms with Crippen LogP contribution in [0.3, 0.4) is 0 Å². The molecule has 1 aromatic rings. The molecule has 0 amide bonds. The largest absolute Gasteiger partial charge is 0.352 e. The second kappa shape index (κ2) is 5.02. The number of aromatic nitrogens is 1. The molecule has 2 rings (SSSR count). The predicted octanol–water partition coefficient (Wildman–Crippen LogP) is 2.30. The Labute approximate surface area is 102 Å². The molecule has 1 aromatic heterocycles. The van der Waals surface area contributed by atoms with Crippen LogP contribution in [0.4, 0.5) is 5.82 Å². The Morgan fingerprint density at radius 2 is 2.38 bits per heavy atom. The minimum atomic E-state index is 0.405. The first-order valence-corrected chi connectivity index (χ1v) is 6.18. The third-order valence-electron chi connectivity index (χ3n) is 3.36. The summed E-state index contributed by atoms with van der Waals surface area (Å²) in [6, 6.07) is 4.27. The Morgan fingerprint density at radius 1 is 1.56 bits per heavy atom. The Bertz CT molecular complexity index is 339. The van der Waals surface area contributed by atoms with Gasteiger partial charge in [-0.3, -0.25) is 0 Å². The van der Waals surface area contributed by atoms with Gasteiger partial charge in [0, 0.05) is 25.3 Å². The highest BCUT2D eigenvalue weighted by atomic mass is 35.5. The van der Waals surface area contributed by atoms with E-state index in [1.807, 2.05) is 12.1 Å². The number of anilines is 1. The van der Waals surface area contributed by atoms with Gasteiger partial charge in [0.05, 0.1) is 5.02 Å². The monoisotopic (exact) mass is 239 g/mol. The van der Waals surface area contributed by atoms with Crippen molar-refractivity contribution in [3.63, 3.8) is 0 Å². The van der Waals surface area contributed by atoms with Crippen molar-refractivity contribution in [2.24, 2.45) is 11.7 Å². The van der Waals surface area contributed by atoms with Crippen molar-refractivity contribution >= 4 is 17.4 Å². The van der Waals surface area contributed by atoms with Crippen LogP contribution in [0.15, 0.2) is 18.3 Å². The van der Waals surface area contributed by atoms with Crippen LogP contribution >= 0.6 is 11.6 Å². The van der Waals surface area contributed by atoms with E-state index in [4.69, 9.17) is 17.3 Å². The lowest BCUT2D eigenvalue weighted by atomic mass is 9.91. The highest BCUT2D eigenvalue weighted by Crippen LogP contribution is 2.27. The van der Waals surface area contributed by atoms with Crippen molar-refractivity contribution < 1.29 is 0 Å². The fourth-order valence-electron chi connectivity index (χ4n) is 2.43. The summed E-state index contributed by atoms with van der Waals surface area (Å²) in [4.78, 5) is 6.68. The number of nitrogens with zero attached hydrogens (tertiary/aromatic N) is 2. The molecule has 1 aliphatic rings. The maximum atomic E-state index is 5.86. The highest BCUT2D eigenvalue weighted by molar-refractivity contribution is 6.30. The number of nitrogens with two attached hydrogens (primary N) is 1.